The third kappa shape index (κ3) is 3.57. The SMILES string of the molecule is CCC1CC1Nc1cnn(CCN(C)C)c(=O)c1Br. The van der Waals surface area contributed by atoms with E-state index in [-0.39, 0.29) is 5.56 Å². The van der Waals surface area contributed by atoms with Gasteiger partial charge in [0.25, 0.3) is 5.56 Å². The van der Waals surface area contributed by atoms with Crippen LogP contribution in [0.25, 0.3) is 0 Å². The van der Waals surface area contributed by atoms with Gasteiger partial charge in [0.2, 0.25) is 0 Å². The van der Waals surface area contributed by atoms with Crippen LogP contribution in [0.5, 0.6) is 0 Å². The zero-order chi connectivity index (χ0) is 14.0. The van der Waals surface area contributed by atoms with E-state index in [1.165, 1.54) is 17.5 Å². The maximum Gasteiger partial charge on any atom is 0.283 e. The van der Waals surface area contributed by atoms with E-state index in [0.29, 0.717) is 17.1 Å². The zero-order valence-corrected chi connectivity index (χ0v) is 13.3. The van der Waals surface area contributed by atoms with Gasteiger partial charge in [0.15, 0.2) is 0 Å². The fraction of sp³-hybridized carbons (Fsp3) is 0.692. The van der Waals surface area contributed by atoms with Gasteiger partial charge in [0.1, 0.15) is 4.47 Å². The normalized spacial score (nSPS) is 21.7. The highest BCUT2D eigenvalue weighted by Crippen LogP contribution is 2.36. The van der Waals surface area contributed by atoms with E-state index in [0.717, 1.165) is 18.2 Å². The van der Waals surface area contributed by atoms with Gasteiger partial charge in [-0.2, -0.15) is 5.10 Å². The molecule has 0 bridgehead atoms. The summed E-state index contributed by atoms with van der Waals surface area (Å²) in [4.78, 5) is 14.2. The molecule has 0 aromatic carbocycles. The molecule has 0 amide bonds. The number of halogens is 1. The van der Waals surface area contributed by atoms with Gasteiger partial charge < -0.3 is 10.2 Å². The van der Waals surface area contributed by atoms with Crippen LogP contribution in [0.2, 0.25) is 0 Å². The first-order chi connectivity index (χ1) is 9.02. The van der Waals surface area contributed by atoms with E-state index in [1.54, 1.807) is 6.20 Å². The molecule has 0 aliphatic heterocycles. The van der Waals surface area contributed by atoms with E-state index >= 15 is 0 Å². The van der Waals surface area contributed by atoms with Crippen molar-refractivity contribution in [2.24, 2.45) is 5.92 Å². The number of aromatic nitrogens is 2. The molecule has 2 unspecified atom stereocenters. The number of nitrogens with zero attached hydrogens (tertiary/aromatic N) is 3. The smallest absolute Gasteiger partial charge is 0.283 e. The third-order valence-corrected chi connectivity index (χ3v) is 4.30. The lowest BCUT2D eigenvalue weighted by atomic mass is 10.3. The summed E-state index contributed by atoms with van der Waals surface area (Å²) < 4.78 is 2.09. The lowest BCUT2D eigenvalue weighted by Crippen LogP contribution is -2.29. The summed E-state index contributed by atoms with van der Waals surface area (Å²) in [6.45, 7) is 3.59. The maximum atomic E-state index is 12.2. The Balaban J connectivity index is 2.07. The van der Waals surface area contributed by atoms with Gasteiger partial charge in [-0.25, -0.2) is 4.68 Å². The van der Waals surface area contributed by atoms with Crippen molar-refractivity contribution in [3.05, 3.63) is 21.0 Å². The van der Waals surface area contributed by atoms with E-state index in [9.17, 15) is 4.79 Å². The van der Waals surface area contributed by atoms with Crippen LogP contribution in [0.4, 0.5) is 5.69 Å². The molecule has 1 aromatic heterocycles. The highest BCUT2D eigenvalue weighted by atomic mass is 79.9. The molecule has 1 aliphatic carbocycles. The fourth-order valence-electron chi connectivity index (χ4n) is 2.09. The molecular weight excluding hydrogens is 308 g/mol. The Morgan fingerprint density at radius 1 is 1.58 bits per heavy atom. The molecule has 106 valence electrons. The molecule has 1 heterocycles. The molecule has 1 saturated carbocycles. The number of hydrogen-bond donors (Lipinski definition) is 1. The van der Waals surface area contributed by atoms with Gasteiger partial charge in [0, 0.05) is 12.6 Å². The Bertz CT molecular complexity index is 500. The van der Waals surface area contributed by atoms with E-state index in [4.69, 9.17) is 0 Å². The highest BCUT2D eigenvalue weighted by Gasteiger charge is 2.35. The van der Waals surface area contributed by atoms with Crippen LogP contribution in [-0.4, -0.2) is 41.4 Å². The average Bonchev–Trinajstić information content (AvgIpc) is 3.12. The Labute approximate surface area is 122 Å². The van der Waals surface area contributed by atoms with Crippen LogP contribution in [0, 0.1) is 5.92 Å². The quantitative estimate of drug-likeness (QED) is 0.864. The van der Waals surface area contributed by atoms with E-state index in [1.807, 2.05) is 19.0 Å². The summed E-state index contributed by atoms with van der Waals surface area (Å²) in [6, 6.07) is 0.500. The average molecular weight is 329 g/mol. The lowest BCUT2D eigenvalue weighted by Gasteiger charge is -2.12. The minimum atomic E-state index is -0.0689. The fourth-order valence-corrected chi connectivity index (χ4v) is 2.52. The number of rotatable bonds is 6. The van der Waals surface area contributed by atoms with Gasteiger partial charge in [-0.15, -0.1) is 0 Å². The molecule has 5 nitrogen and oxygen atoms in total. The van der Waals surface area contributed by atoms with Gasteiger partial charge in [-0.1, -0.05) is 13.3 Å². The second-order valence-corrected chi connectivity index (χ2v) is 6.15. The van der Waals surface area contributed by atoms with Gasteiger partial charge in [0.05, 0.1) is 18.4 Å². The molecule has 1 aromatic rings. The standard InChI is InChI=1S/C13H21BrN4O/c1-4-9-7-10(9)16-11-8-15-18(6-5-17(2)3)13(19)12(11)14/h8-10,16H,4-7H2,1-3H3. The van der Waals surface area contributed by atoms with Crippen molar-refractivity contribution >= 4 is 21.6 Å². The minimum Gasteiger partial charge on any atom is -0.380 e. The molecule has 0 radical (unpaired) electrons. The van der Waals surface area contributed by atoms with Crippen molar-refractivity contribution in [1.29, 1.82) is 0 Å². The maximum absolute atomic E-state index is 12.2. The number of likely N-dealkylation sites (N-methyl/N-ethyl adjacent to an activating group) is 1. The van der Waals surface area contributed by atoms with E-state index < -0.39 is 0 Å². The van der Waals surface area contributed by atoms with Crippen molar-refractivity contribution in [3.8, 4) is 0 Å². The summed E-state index contributed by atoms with van der Waals surface area (Å²) in [5.74, 6) is 0.739. The van der Waals surface area contributed by atoms with Crippen molar-refractivity contribution in [1.82, 2.24) is 14.7 Å². The predicted octanol–water partition coefficient (Wildman–Crippen LogP) is 1.78. The van der Waals surface area contributed by atoms with Crippen molar-refractivity contribution in [2.75, 3.05) is 26.0 Å². The first kappa shape index (κ1) is 14.5. The predicted molar refractivity (Wildman–Crippen MR) is 80.6 cm³/mol. The van der Waals surface area contributed by atoms with Crippen LogP contribution >= 0.6 is 15.9 Å². The molecular formula is C13H21BrN4O. The Hall–Kier alpha value is -0.880. The molecule has 1 fully saturated rings. The van der Waals surface area contributed by atoms with Crippen molar-refractivity contribution in [2.45, 2.75) is 32.4 Å². The summed E-state index contributed by atoms with van der Waals surface area (Å²) in [7, 11) is 3.96. The third-order valence-electron chi connectivity index (χ3n) is 3.53. The molecule has 19 heavy (non-hydrogen) atoms. The second-order valence-electron chi connectivity index (χ2n) is 5.36. The summed E-state index contributed by atoms with van der Waals surface area (Å²) in [6.07, 6.45) is 4.11. The van der Waals surface area contributed by atoms with Crippen molar-refractivity contribution < 1.29 is 0 Å². The second kappa shape index (κ2) is 6.05. The number of anilines is 1. The van der Waals surface area contributed by atoms with Crippen LogP contribution in [0.15, 0.2) is 15.5 Å². The van der Waals surface area contributed by atoms with Crippen LogP contribution < -0.4 is 10.9 Å². The first-order valence-electron chi connectivity index (χ1n) is 6.69. The van der Waals surface area contributed by atoms with Crippen LogP contribution in [-0.2, 0) is 6.54 Å². The van der Waals surface area contributed by atoms with Crippen molar-refractivity contribution in [3.63, 3.8) is 0 Å². The summed E-state index contributed by atoms with van der Waals surface area (Å²) in [5.41, 5.74) is 0.743. The first-order valence-corrected chi connectivity index (χ1v) is 7.49. The number of hydrogen-bond acceptors (Lipinski definition) is 4. The molecule has 2 atom stereocenters. The Kier molecular flexibility index (Phi) is 4.62. The Morgan fingerprint density at radius 2 is 2.32 bits per heavy atom. The molecule has 1 aliphatic rings. The Morgan fingerprint density at radius 3 is 2.89 bits per heavy atom. The lowest BCUT2D eigenvalue weighted by molar-refractivity contribution is 0.367. The molecule has 0 saturated heterocycles. The molecule has 2 rings (SSSR count). The summed E-state index contributed by atoms with van der Waals surface area (Å²) >= 11 is 3.39. The highest BCUT2D eigenvalue weighted by molar-refractivity contribution is 9.10. The molecule has 1 N–H and O–H groups in total. The zero-order valence-electron chi connectivity index (χ0n) is 11.7. The van der Waals surface area contributed by atoms with Gasteiger partial charge in [-0.3, -0.25) is 4.79 Å². The monoisotopic (exact) mass is 328 g/mol. The van der Waals surface area contributed by atoms with Gasteiger partial charge >= 0.3 is 0 Å². The topological polar surface area (TPSA) is 50.2 Å². The summed E-state index contributed by atoms with van der Waals surface area (Å²) in [5, 5.41) is 7.61. The number of nitrogens with one attached hydrogen (secondary N) is 1. The van der Waals surface area contributed by atoms with Gasteiger partial charge in [-0.05, 0) is 42.4 Å². The van der Waals surface area contributed by atoms with Crippen LogP contribution in [0.3, 0.4) is 0 Å². The largest absolute Gasteiger partial charge is 0.380 e. The van der Waals surface area contributed by atoms with Crippen LogP contribution in [0.1, 0.15) is 19.8 Å². The van der Waals surface area contributed by atoms with E-state index in [2.05, 4.69) is 33.3 Å². The molecule has 0 spiro atoms. The minimum absolute atomic E-state index is 0.0689. The molecule has 6 heteroatoms.